The van der Waals surface area contributed by atoms with Crippen LogP contribution in [0.1, 0.15) is 24.6 Å². The molecule has 1 N–H and O–H groups in total. The minimum absolute atomic E-state index is 0.549. The summed E-state index contributed by atoms with van der Waals surface area (Å²) in [5.74, 6) is 0.947. The SMILES string of the molecule is Cc1ncsc1-c1n[nH]c(=S)n1C1CC1. The van der Waals surface area contributed by atoms with Crippen LogP contribution < -0.4 is 0 Å². The third-order valence-electron chi connectivity index (χ3n) is 2.57. The molecule has 0 atom stereocenters. The number of aryl methyl sites for hydroxylation is 1. The smallest absolute Gasteiger partial charge is 0.195 e. The highest BCUT2D eigenvalue weighted by molar-refractivity contribution is 7.71. The van der Waals surface area contributed by atoms with E-state index in [1.807, 2.05) is 12.4 Å². The van der Waals surface area contributed by atoms with Gasteiger partial charge in [0, 0.05) is 6.04 Å². The molecule has 0 spiro atoms. The third-order valence-corrected chi connectivity index (χ3v) is 3.78. The zero-order chi connectivity index (χ0) is 10.4. The lowest BCUT2D eigenvalue weighted by Crippen LogP contribution is -1.97. The maximum absolute atomic E-state index is 5.24. The van der Waals surface area contributed by atoms with Crippen molar-refractivity contribution < 1.29 is 0 Å². The van der Waals surface area contributed by atoms with Gasteiger partial charge < -0.3 is 0 Å². The van der Waals surface area contributed by atoms with Crippen LogP contribution >= 0.6 is 23.6 Å². The van der Waals surface area contributed by atoms with Gasteiger partial charge in [-0.2, -0.15) is 5.10 Å². The van der Waals surface area contributed by atoms with Crippen LogP contribution in [-0.4, -0.2) is 19.7 Å². The second-order valence-electron chi connectivity index (χ2n) is 3.72. The highest BCUT2D eigenvalue weighted by Gasteiger charge is 2.28. The van der Waals surface area contributed by atoms with E-state index in [2.05, 4.69) is 19.7 Å². The van der Waals surface area contributed by atoms with Gasteiger partial charge in [-0.3, -0.25) is 9.67 Å². The van der Waals surface area contributed by atoms with Crippen molar-refractivity contribution in [2.45, 2.75) is 25.8 Å². The Kier molecular flexibility index (Phi) is 2.00. The minimum atomic E-state index is 0.549. The Labute approximate surface area is 96.0 Å². The number of hydrogen-bond donors (Lipinski definition) is 1. The largest absolute Gasteiger partial charge is 0.296 e. The molecule has 6 heteroatoms. The predicted molar refractivity (Wildman–Crippen MR) is 61.5 cm³/mol. The first-order valence-electron chi connectivity index (χ1n) is 4.84. The molecule has 78 valence electrons. The number of thiazole rings is 1. The summed E-state index contributed by atoms with van der Waals surface area (Å²) in [6, 6.07) is 0.549. The second-order valence-corrected chi connectivity index (χ2v) is 4.96. The number of hydrogen-bond acceptors (Lipinski definition) is 4. The summed E-state index contributed by atoms with van der Waals surface area (Å²) in [6.07, 6.45) is 2.41. The van der Waals surface area contributed by atoms with Crippen LogP contribution in [0.5, 0.6) is 0 Å². The summed E-state index contributed by atoms with van der Waals surface area (Å²) in [5.41, 5.74) is 2.87. The number of rotatable bonds is 2. The monoisotopic (exact) mass is 238 g/mol. The van der Waals surface area contributed by atoms with Crippen molar-refractivity contribution >= 4 is 23.6 Å². The molecule has 1 fully saturated rings. The highest BCUT2D eigenvalue weighted by atomic mass is 32.1. The third kappa shape index (κ3) is 1.44. The molecule has 2 heterocycles. The Balaban J connectivity index is 2.20. The van der Waals surface area contributed by atoms with Crippen molar-refractivity contribution in [3.63, 3.8) is 0 Å². The van der Waals surface area contributed by atoms with Crippen LogP contribution in [0.2, 0.25) is 0 Å². The summed E-state index contributed by atoms with van der Waals surface area (Å²) >= 11 is 6.85. The molecule has 15 heavy (non-hydrogen) atoms. The molecule has 3 rings (SSSR count). The molecular formula is C9H10N4S2. The molecule has 0 saturated heterocycles. The van der Waals surface area contributed by atoms with E-state index < -0.39 is 0 Å². The Morgan fingerprint density at radius 3 is 3.00 bits per heavy atom. The van der Waals surface area contributed by atoms with Crippen LogP contribution in [0.4, 0.5) is 0 Å². The Bertz CT molecular complexity index is 546. The summed E-state index contributed by atoms with van der Waals surface area (Å²) in [4.78, 5) is 5.36. The topological polar surface area (TPSA) is 46.5 Å². The second kappa shape index (κ2) is 3.24. The number of aromatic nitrogens is 4. The summed E-state index contributed by atoms with van der Waals surface area (Å²) in [7, 11) is 0. The van der Waals surface area contributed by atoms with Crippen molar-refractivity contribution in [1.82, 2.24) is 19.7 Å². The maximum atomic E-state index is 5.24. The van der Waals surface area contributed by atoms with E-state index in [4.69, 9.17) is 12.2 Å². The first-order chi connectivity index (χ1) is 7.27. The number of nitrogens with one attached hydrogen (secondary N) is 1. The fraction of sp³-hybridized carbons (Fsp3) is 0.444. The van der Waals surface area contributed by atoms with E-state index in [0.717, 1.165) is 21.2 Å². The van der Waals surface area contributed by atoms with Gasteiger partial charge in [0.25, 0.3) is 0 Å². The molecule has 0 amide bonds. The standard InChI is InChI=1S/C9H10N4S2/c1-5-7(15-4-10-5)8-11-12-9(14)13(8)6-2-3-6/h4,6H,2-3H2,1H3,(H,12,14). The van der Waals surface area contributed by atoms with Crippen molar-refractivity contribution in [3.8, 4) is 10.7 Å². The average molecular weight is 238 g/mol. The van der Waals surface area contributed by atoms with E-state index in [9.17, 15) is 0 Å². The van der Waals surface area contributed by atoms with Gasteiger partial charge in [0.15, 0.2) is 10.6 Å². The summed E-state index contributed by atoms with van der Waals surface area (Å²) in [5, 5.41) is 7.17. The van der Waals surface area contributed by atoms with Crippen molar-refractivity contribution in [2.75, 3.05) is 0 Å². The molecule has 0 radical (unpaired) electrons. The van der Waals surface area contributed by atoms with E-state index >= 15 is 0 Å². The normalized spacial score (nSPS) is 15.8. The van der Waals surface area contributed by atoms with Gasteiger partial charge in [-0.15, -0.1) is 11.3 Å². The molecule has 0 unspecified atom stereocenters. The Hall–Kier alpha value is -1.01. The van der Waals surface area contributed by atoms with Crippen molar-refractivity contribution in [2.24, 2.45) is 0 Å². The van der Waals surface area contributed by atoms with Crippen LogP contribution in [0, 0.1) is 11.7 Å². The van der Waals surface area contributed by atoms with Gasteiger partial charge in [-0.05, 0) is 32.0 Å². The molecule has 1 saturated carbocycles. The van der Waals surface area contributed by atoms with Gasteiger partial charge in [-0.25, -0.2) is 4.98 Å². The zero-order valence-corrected chi connectivity index (χ0v) is 9.86. The first kappa shape index (κ1) is 9.23. The summed E-state index contributed by atoms with van der Waals surface area (Å²) in [6.45, 7) is 2.00. The van der Waals surface area contributed by atoms with Gasteiger partial charge in [-0.1, -0.05) is 0 Å². The Morgan fingerprint density at radius 2 is 2.40 bits per heavy atom. The predicted octanol–water partition coefficient (Wildman–Crippen LogP) is 2.71. The van der Waals surface area contributed by atoms with E-state index in [1.165, 1.54) is 12.8 Å². The lowest BCUT2D eigenvalue weighted by molar-refractivity contribution is 0.735. The van der Waals surface area contributed by atoms with Crippen LogP contribution in [-0.2, 0) is 0 Å². The molecule has 2 aromatic rings. The van der Waals surface area contributed by atoms with Crippen LogP contribution in [0.25, 0.3) is 10.7 Å². The molecule has 1 aliphatic rings. The zero-order valence-electron chi connectivity index (χ0n) is 8.23. The fourth-order valence-corrected chi connectivity index (χ4v) is 2.72. The van der Waals surface area contributed by atoms with E-state index in [0.29, 0.717) is 6.04 Å². The number of nitrogens with zero attached hydrogens (tertiary/aromatic N) is 3. The molecule has 0 aliphatic heterocycles. The van der Waals surface area contributed by atoms with E-state index in [1.54, 1.807) is 11.3 Å². The minimum Gasteiger partial charge on any atom is -0.296 e. The fourth-order valence-electron chi connectivity index (χ4n) is 1.65. The maximum Gasteiger partial charge on any atom is 0.195 e. The number of H-pyrrole nitrogens is 1. The summed E-state index contributed by atoms with van der Waals surface area (Å²) < 4.78 is 2.84. The van der Waals surface area contributed by atoms with Crippen molar-refractivity contribution in [1.29, 1.82) is 0 Å². The van der Waals surface area contributed by atoms with E-state index in [-0.39, 0.29) is 0 Å². The van der Waals surface area contributed by atoms with Gasteiger partial charge in [0.1, 0.15) is 0 Å². The quantitative estimate of drug-likeness (QED) is 0.818. The molecule has 0 bridgehead atoms. The van der Waals surface area contributed by atoms with Gasteiger partial charge in [0.05, 0.1) is 16.1 Å². The average Bonchev–Trinajstić information content (AvgIpc) is 2.85. The molecule has 4 nitrogen and oxygen atoms in total. The first-order valence-corrected chi connectivity index (χ1v) is 6.13. The van der Waals surface area contributed by atoms with Gasteiger partial charge >= 0.3 is 0 Å². The lowest BCUT2D eigenvalue weighted by Gasteiger charge is -2.02. The van der Waals surface area contributed by atoms with Gasteiger partial charge in [0.2, 0.25) is 0 Å². The lowest BCUT2D eigenvalue weighted by atomic mass is 10.4. The van der Waals surface area contributed by atoms with Crippen molar-refractivity contribution in [3.05, 3.63) is 16.0 Å². The molecule has 1 aliphatic carbocycles. The highest BCUT2D eigenvalue weighted by Crippen LogP contribution is 2.39. The molecule has 0 aromatic carbocycles. The molecular weight excluding hydrogens is 228 g/mol. The molecule has 2 aromatic heterocycles. The van der Waals surface area contributed by atoms with Crippen LogP contribution in [0.15, 0.2) is 5.51 Å². The van der Waals surface area contributed by atoms with Crippen LogP contribution in [0.3, 0.4) is 0 Å². The number of aromatic amines is 1. The Morgan fingerprint density at radius 1 is 1.60 bits per heavy atom.